The highest BCUT2D eigenvalue weighted by molar-refractivity contribution is 5.89. The summed E-state index contributed by atoms with van der Waals surface area (Å²) in [6.45, 7) is 0.511. The van der Waals surface area contributed by atoms with E-state index in [2.05, 4.69) is 5.32 Å². The van der Waals surface area contributed by atoms with E-state index in [0.717, 1.165) is 5.56 Å². The number of ether oxygens (including phenoxy) is 2. The van der Waals surface area contributed by atoms with Crippen molar-refractivity contribution in [3.8, 4) is 5.75 Å². The number of methoxy groups -OCH3 is 1. The second kappa shape index (κ2) is 6.38. The van der Waals surface area contributed by atoms with E-state index in [1.54, 1.807) is 6.07 Å². The van der Waals surface area contributed by atoms with Crippen molar-refractivity contribution in [2.45, 2.75) is 18.4 Å². The number of aliphatic carboxylic acids is 1. The Balaban J connectivity index is 2.03. The first-order chi connectivity index (χ1) is 9.63. The highest BCUT2D eigenvalue weighted by Crippen LogP contribution is 2.33. The highest BCUT2D eigenvalue weighted by atomic mass is 16.5. The maximum atomic E-state index is 12.2. The van der Waals surface area contributed by atoms with Crippen LogP contribution in [0, 0.1) is 0 Å². The molecule has 0 saturated heterocycles. The lowest BCUT2D eigenvalue weighted by atomic mass is 10.00. The molecule has 1 amide bonds. The van der Waals surface area contributed by atoms with Gasteiger partial charge in [-0.25, -0.2) is 4.79 Å². The van der Waals surface area contributed by atoms with Gasteiger partial charge in [-0.3, -0.25) is 4.79 Å². The van der Waals surface area contributed by atoms with E-state index >= 15 is 0 Å². The molecule has 6 heteroatoms. The third-order valence-electron chi connectivity index (χ3n) is 3.24. The molecule has 1 aromatic carbocycles. The first-order valence-electron chi connectivity index (χ1n) is 6.37. The zero-order valence-corrected chi connectivity index (χ0v) is 11.2. The average molecular weight is 279 g/mol. The van der Waals surface area contributed by atoms with Gasteiger partial charge in [-0.1, -0.05) is 18.2 Å². The zero-order chi connectivity index (χ0) is 14.5. The van der Waals surface area contributed by atoms with E-state index in [-0.39, 0.29) is 25.5 Å². The quantitative estimate of drug-likeness (QED) is 0.803. The molecule has 2 N–H and O–H groups in total. The molecule has 1 heterocycles. The molecule has 1 aliphatic heterocycles. The molecule has 0 spiro atoms. The summed E-state index contributed by atoms with van der Waals surface area (Å²) in [6, 6.07) is 6.32. The van der Waals surface area contributed by atoms with Gasteiger partial charge in [0.2, 0.25) is 5.91 Å². The second-order valence-corrected chi connectivity index (χ2v) is 4.58. The van der Waals surface area contributed by atoms with Crippen LogP contribution in [0.1, 0.15) is 17.9 Å². The molecule has 6 nitrogen and oxygen atoms in total. The number of fused-ring (bicyclic) bond motifs is 1. The first kappa shape index (κ1) is 14.3. The van der Waals surface area contributed by atoms with E-state index in [1.165, 1.54) is 7.11 Å². The van der Waals surface area contributed by atoms with Crippen LogP contribution in [0.2, 0.25) is 0 Å². The van der Waals surface area contributed by atoms with Gasteiger partial charge in [-0.2, -0.15) is 0 Å². The summed E-state index contributed by atoms with van der Waals surface area (Å²) < 4.78 is 10.3. The fourth-order valence-corrected chi connectivity index (χ4v) is 2.15. The highest BCUT2D eigenvalue weighted by Gasteiger charge is 2.32. The van der Waals surface area contributed by atoms with Crippen molar-refractivity contribution in [3.05, 3.63) is 29.8 Å². The lowest BCUT2D eigenvalue weighted by Crippen LogP contribution is -2.44. The number of carbonyl (C=O) groups is 2. The van der Waals surface area contributed by atoms with Crippen molar-refractivity contribution in [1.82, 2.24) is 5.32 Å². The summed E-state index contributed by atoms with van der Waals surface area (Å²) in [5.74, 6) is -1.19. The number of carbonyl (C=O) groups excluding carboxylic acids is 1. The molecule has 108 valence electrons. The minimum Gasteiger partial charge on any atom is -0.492 e. The summed E-state index contributed by atoms with van der Waals surface area (Å²) in [6.07, 6.45) is 0.229. The summed E-state index contributed by atoms with van der Waals surface area (Å²) >= 11 is 0. The van der Waals surface area contributed by atoms with Crippen molar-refractivity contribution in [2.75, 3.05) is 20.3 Å². The Labute approximate surface area is 116 Å². The van der Waals surface area contributed by atoms with Gasteiger partial charge in [0.25, 0.3) is 0 Å². The Kier molecular flexibility index (Phi) is 4.57. The molecule has 0 fully saturated rings. The standard InChI is InChI=1S/C14H17NO5/c1-19-7-6-11(14(17)18)15-13(16)10-8-20-12-5-3-2-4-9(10)12/h2-5,10-11H,6-8H2,1H3,(H,15,16)(H,17,18)/t10-,11+/m1/s1. The predicted molar refractivity (Wildman–Crippen MR) is 70.7 cm³/mol. The topological polar surface area (TPSA) is 84.9 Å². The van der Waals surface area contributed by atoms with Crippen LogP contribution in [-0.4, -0.2) is 43.3 Å². The third-order valence-corrected chi connectivity index (χ3v) is 3.24. The van der Waals surface area contributed by atoms with Crippen molar-refractivity contribution >= 4 is 11.9 Å². The number of para-hydroxylation sites is 1. The summed E-state index contributed by atoms with van der Waals surface area (Å²) in [5.41, 5.74) is 0.792. The van der Waals surface area contributed by atoms with Gasteiger partial charge in [0, 0.05) is 25.7 Å². The number of carboxylic acids is 1. The molecular formula is C14H17NO5. The molecule has 0 bridgehead atoms. The second-order valence-electron chi connectivity index (χ2n) is 4.58. The van der Waals surface area contributed by atoms with Gasteiger partial charge < -0.3 is 19.9 Å². The Morgan fingerprint density at radius 1 is 1.50 bits per heavy atom. The lowest BCUT2D eigenvalue weighted by molar-refractivity contribution is -0.142. The van der Waals surface area contributed by atoms with Crippen LogP contribution in [0.5, 0.6) is 5.75 Å². The van der Waals surface area contributed by atoms with E-state index in [4.69, 9.17) is 14.6 Å². The Hall–Kier alpha value is -2.08. The molecule has 1 aromatic rings. The van der Waals surface area contributed by atoms with Crippen molar-refractivity contribution < 1.29 is 24.2 Å². The van der Waals surface area contributed by atoms with Crippen molar-refractivity contribution in [3.63, 3.8) is 0 Å². The van der Waals surface area contributed by atoms with Gasteiger partial charge in [0.15, 0.2) is 0 Å². The molecule has 0 radical (unpaired) electrons. The van der Waals surface area contributed by atoms with Crippen LogP contribution in [0.15, 0.2) is 24.3 Å². The van der Waals surface area contributed by atoms with Crippen molar-refractivity contribution in [2.24, 2.45) is 0 Å². The molecule has 2 atom stereocenters. The smallest absolute Gasteiger partial charge is 0.326 e. The van der Waals surface area contributed by atoms with Crippen LogP contribution < -0.4 is 10.1 Å². The minimum atomic E-state index is -1.07. The number of carboxylic acid groups (broad SMARTS) is 1. The SMILES string of the molecule is COCC[C@H](NC(=O)[C@@H]1COc2ccccc21)C(=O)O. The number of benzene rings is 1. The largest absolute Gasteiger partial charge is 0.492 e. The monoisotopic (exact) mass is 279 g/mol. The molecular weight excluding hydrogens is 262 g/mol. The number of amides is 1. The first-order valence-corrected chi connectivity index (χ1v) is 6.37. The fourth-order valence-electron chi connectivity index (χ4n) is 2.15. The van der Waals surface area contributed by atoms with Crippen molar-refractivity contribution in [1.29, 1.82) is 0 Å². The van der Waals surface area contributed by atoms with Crippen LogP contribution in [0.3, 0.4) is 0 Å². The van der Waals surface area contributed by atoms with Gasteiger partial charge in [0.1, 0.15) is 24.3 Å². The van der Waals surface area contributed by atoms with Crippen LogP contribution >= 0.6 is 0 Å². The Morgan fingerprint density at radius 3 is 2.95 bits per heavy atom. The lowest BCUT2D eigenvalue weighted by Gasteiger charge is -2.16. The Morgan fingerprint density at radius 2 is 2.25 bits per heavy atom. The maximum Gasteiger partial charge on any atom is 0.326 e. The minimum absolute atomic E-state index is 0.229. The normalized spacial score (nSPS) is 17.9. The zero-order valence-electron chi connectivity index (χ0n) is 11.2. The van der Waals surface area contributed by atoms with Gasteiger partial charge in [0.05, 0.1) is 0 Å². The van der Waals surface area contributed by atoms with E-state index in [0.29, 0.717) is 5.75 Å². The fraction of sp³-hybridized carbons (Fsp3) is 0.429. The number of rotatable bonds is 6. The number of hydrogen-bond acceptors (Lipinski definition) is 4. The van der Waals surface area contributed by atoms with E-state index in [1.807, 2.05) is 18.2 Å². The third kappa shape index (κ3) is 3.08. The molecule has 0 aromatic heterocycles. The molecule has 1 aliphatic rings. The number of hydrogen-bond donors (Lipinski definition) is 2. The van der Waals surface area contributed by atoms with Crippen LogP contribution in [0.4, 0.5) is 0 Å². The van der Waals surface area contributed by atoms with Gasteiger partial charge >= 0.3 is 5.97 Å². The van der Waals surface area contributed by atoms with Gasteiger partial charge in [-0.05, 0) is 6.07 Å². The van der Waals surface area contributed by atoms with E-state index in [9.17, 15) is 9.59 Å². The number of nitrogens with one attached hydrogen (secondary N) is 1. The molecule has 0 saturated carbocycles. The molecule has 0 unspecified atom stereocenters. The summed E-state index contributed by atoms with van der Waals surface area (Å²) in [4.78, 5) is 23.3. The summed E-state index contributed by atoms with van der Waals surface area (Å²) in [7, 11) is 1.49. The summed E-state index contributed by atoms with van der Waals surface area (Å²) in [5, 5.41) is 11.6. The molecule has 0 aliphatic carbocycles. The van der Waals surface area contributed by atoms with Gasteiger partial charge in [-0.15, -0.1) is 0 Å². The molecule has 20 heavy (non-hydrogen) atoms. The molecule has 2 rings (SSSR count). The maximum absolute atomic E-state index is 12.2. The van der Waals surface area contributed by atoms with E-state index < -0.39 is 17.9 Å². The van der Waals surface area contributed by atoms with Crippen LogP contribution in [-0.2, 0) is 14.3 Å². The van der Waals surface area contributed by atoms with Crippen LogP contribution in [0.25, 0.3) is 0 Å². The predicted octanol–water partition coefficient (Wildman–Crippen LogP) is 0.768. The Bertz CT molecular complexity index is 502. The average Bonchev–Trinajstić information content (AvgIpc) is 2.87.